The first-order valence-corrected chi connectivity index (χ1v) is 26.6. The van der Waals surface area contributed by atoms with Gasteiger partial charge in [0.15, 0.2) is 0 Å². The summed E-state index contributed by atoms with van der Waals surface area (Å²) >= 11 is 0. The van der Waals surface area contributed by atoms with Crippen LogP contribution in [0.5, 0.6) is 0 Å². The molecule has 1 fully saturated rings. The molecule has 0 spiro atoms. The molecule has 0 aromatic rings. The Labute approximate surface area is 313 Å². The predicted octanol–water partition coefficient (Wildman–Crippen LogP) is 11.4. The van der Waals surface area contributed by atoms with Gasteiger partial charge in [-0.15, -0.1) is 0 Å². The molecule has 0 N–H and O–H groups in total. The second-order valence-corrected chi connectivity index (χ2v) is 24.6. The number of aliphatic carboxylic acids is 2. The van der Waals surface area contributed by atoms with Crippen LogP contribution in [0.25, 0.3) is 0 Å². The zero-order valence-corrected chi connectivity index (χ0v) is 36.4. The third-order valence-corrected chi connectivity index (χ3v) is 21.5. The minimum absolute atomic E-state index is 0.156. The maximum absolute atomic E-state index is 11.1. The summed E-state index contributed by atoms with van der Waals surface area (Å²) in [7, 11) is -1.12. The van der Waals surface area contributed by atoms with Gasteiger partial charge in [0.1, 0.15) is 0 Å². The van der Waals surface area contributed by atoms with Crippen molar-refractivity contribution in [2.75, 3.05) is 49.3 Å². The molecule has 50 heavy (non-hydrogen) atoms. The first-order chi connectivity index (χ1) is 24.1. The normalized spacial score (nSPS) is 18.6. The number of hydrogen-bond donors (Lipinski definition) is 0. The summed E-state index contributed by atoms with van der Waals surface area (Å²) in [6.45, 7) is 18.8. The summed E-state index contributed by atoms with van der Waals surface area (Å²) in [4.78, 5) is 22.0. The van der Waals surface area contributed by atoms with E-state index in [4.69, 9.17) is 0 Å². The van der Waals surface area contributed by atoms with E-state index in [1.165, 1.54) is 103 Å². The molecule has 2 aliphatic rings. The molecule has 3 unspecified atom stereocenters. The van der Waals surface area contributed by atoms with Crippen LogP contribution in [0.15, 0.2) is 23.8 Å². The van der Waals surface area contributed by atoms with E-state index in [2.05, 4.69) is 55.4 Å². The third-order valence-electron chi connectivity index (χ3n) is 11.3. The Kier molecular flexibility index (Phi) is 30.3. The van der Waals surface area contributed by atoms with Crippen LogP contribution in [0.2, 0.25) is 0 Å². The van der Waals surface area contributed by atoms with Gasteiger partial charge in [0, 0.05) is 38.3 Å². The van der Waals surface area contributed by atoms with Gasteiger partial charge < -0.3 is 19.8 Å². The van der Waals surface area contributed by atoms with E-state index in [1.807, 2.05) is 6.08 Å². The van der Waals surface area contributed by atoms with Gasteiger partial charge in [-0.3, -0.25) is 0 Å². The fraction of sp³-hybridized carbons (Fsp3) is 0.864. The molecule has 6 heteroatoms. The van der Waals surface area contributed by atoms with Crippen LogP contribution in [-0.4, -0.2) is 61.2 Å². The van der Waals surface area contributed by atoms with Gasteiger partial charge in [-0.2, -0.15) is 0 Å². The number of hydrogen-bond acceptors (Lipinski definition) is 4. The van der Waals surface area contributed by atoms with Gasteiger partial charge in [-0.25, -0.2) is 0 Å². The molecule has 2 aliphatic carbocycles. The fourth-order valence-electron chi connectivity index (χ4n) is 7.96. The molecule has 3 atom stereocenters. The average molecular weight is 739 g/mol. The predicted molar refractivity (Wildman–Crippen MR) is 224 cm³/mol. The lowest BCUT2D eigenvalue weighted by Gasteiger charge is -2.40. The van der Waals surface area contributed by atoms with E-state index in [0.717, 1.165) is 6.42 Å². The Hall–Kier alpha value is -0.720. The van der Waals surface area contributed by atoms with E-state index in [0.29, 0.717) is 18.4 Å². The molecule has 0 aromatic heterocycles. The average Bonchev–Trinajstić information content (AvgIpc) is 3.13. The second kappa shape index (κ2) is 30.7. The highest BCUT2D eigenvalue weighted by Gasteiger charge is 2.37. The number of carbonyl (C=O) groups excluding carboxylic acids is 2. The van der Waals surface area contributed by atoms with Crippen LogP contribution in [-0.2, 0) is 9.59 Å². The van der Waals surface area contributed by atoms with Crippen LogP contribution >= 0.6 is 14.5 Å². The molecule has 0 saturated heterocycles. The summed E-state index contributed by atoms with van der Waals surface area (Å²) in [5.41, 5.74) is 0.683. The van der Waals surface area contributed by atoms with Crippen molar-refractivity contribution in [1.82, 2.24) is 0 Å². The molecule has 1 saturated carbocycles. The van der Waals surface area contributed by atoms with Gasteiger partial charge in [0.25, 0.3) is 0 Å². The van der Waals surface area contributed by atoms with Gasteiger partial charge in [0.05, 0.1) is 49.3 Å². The van der Waals surface area contributed by atoms with E-state index in [-0.39, 0.29) is 5.92 Å². The third kappa shape index (κ3) is 19.9. The number of unbranched alkanes of at least 4 members (excludes halogenated alkanes) is 8. The second-order valence-electron chi connectivity index (χ2n) is 15.6. The fourth-order valence-corrected chi connectivity index (χ4v) is 18.5. The largest absolute Gasteiger partial charge is 0.550 e. The molecule has 0 aliphatic heterocycles. The lowest BCUT2D eigenvalue weighted by atomic mass is 9.68. The van der Waals surface area contributed by atoms with Gasteiger partial charge in [0.2, 0.25) is 0 Å². The molecule has 0 heterocycles. The number of carboxylic acid groups (broad SMARTS) is 2. The van der Waals surface area contributed by atoms with Gasteiger partial charge in [-0.1, -0.05) is 131 Å². The quantitative estimate of drug-likeness (QED) is 0.0828. The van der Waals surface area contributed by atoms with Crippen molar-refractivity contribution >= 4 is 26.5 Å². The number of carbonyl (C=O) groups is 2. The van der Waals surface area contributed by atoms with Crippen molar-refractivity contribution in [3.8, 4) is 0 Å². The maximum atomic E-state index is 11.1. The maximum Gasteiger partial charge on any atom is 0.0594 e. The number of fused-ring (bicyclic) bond motifs is 1. The van der Waals surface area contributed by atoms with E-state index in [1.54, 1.807) is 61.4 Å². The monoisotopic (exact) mass is 739 g/mol. The lowest BCUT2D eigenvalue weighted by molar-refractivity contribution is -0.326. The van der Waals surface area contributed by atoms with Crippen molar-refractivity contribution in [2.24, 2.45) is 17.8 Å². The molecule has 0 radical (unpaired) electrons. The molecule has 0 amide bonds. The summed E-state index contributed by atoms with van der Waals surface area (Å²) in [6.07, 6.45) is 43.2. The Balaban J connectivity index is 0.000000720. The van der Waals surface area contributed by atoms with Crippen molar-refractivity contribution in [2.45, 2.75) is 177 Å². The lowest BCUT2D eigenvalue weighted by Crippen LogP contribution is -2.48. The van der Waals surface area contributed by atoms with Gasteiger partial charge in [-0.05, 0) is 76.5 Å². The SMILES string of the molecule is CCCC[P+](CCCC)(CCCC)CCCC.CCCC[P+](CCCC)(CCCC)CCCC.O=C([O-])C1CCC2CC=CC=C2C1C(=O)[O-]. The molecule has 2 rings (SSSR count). The number of carboxylic acids is 2. The van der Waals surface area contributed by atoms with E-state index < -0.39 is 38.3 Å². The summed E-state index contributed by atoms with van der Waals surface area (Å²) < 4.78 is 0. The van der Waals surface area contributed by atoms with Crippen LogP contribution in [0.1, 0.15) is 177 Å². The van der Waals surface area contributed by atoms with Crippen LogP contribution < -0.4 is 10.2 Å². The van der Waals surface area contributed by atoms with Crippen LogP contribution in [0.4, 0.5) is 0 Å². The van der Waals surface area contributed by atoms with Crippen molar-refractivity contribution in [3.05, 3.63) is 23.8 Å². The standard InChI is InChI=1S/2C16H36P.C12H14O4/c2*1-5-9-13-17(14-10-6-2,15-11-7-3)16-12-8-4;13-11(14)9-6-5-7-3-1-2-4-8(7)10(9)12(15)16/h2*5-16H2,1-4H3;1-2,4,7,9-10H,3,5-6H2,(H,13,14)(H,15,16)/q2*+1;/p-2. The highest BCUT2D eigenvalue weighted by atomic mass is 31.2. The first-order valence-electron chi connectivity index (χ1n) is 21.6. The Morgan fingerprint density at radius 1 is 0.540 bits per heavy atom. The Bertz CT molecular complexity index is 803. The van der Waals surface area contributed by atoms with E-state index in [9.17, 15) is 19.8 Å². The molecule has 294 valence electrons. The van der Waals surface area contributed by atoms with Crippen LogP contribution in [0, 0.1) is 17.8 Å². The summed E-state index contributed by atoms with van der Waals surface area (Å²) in [5.74, 6) is -4.40. The molecular weight excluding hydrogens is 654 g/mol. The molecule has 0 bridgehead atoms. The topological polar surface area (TPSA) is 80.3 Å². The van der Waals surface area contributed by atoms with Gasteiger partial charge >= 0.3 is 0 Å². The highest BCUT2D eigenvalue weighted by molar-refractivity contribution is 7.76. The Morgan fingerprint density at radius 3 is 1.12 bits per heavy atom. The number of rotatable bonds is 26. The smallest absolute Gasteiger partial charge is 0.0594 e. The van der Waals surface area contributed by atoms with Crippen LogP contribution in [0.3, 0.4) is 0 Å². The first kappa shape index (κ1) is 49.3. The highest BCUT2D eigenvalue weighted by Crippen LogP contribution is 2.62. The van der Waals surface area contributed by atoms with Crippen molar-refractivity contribution < 1.29 is 19.8 Å². The number of allylic oxidation sites excluding steroid dienone is 3. The molecule has 4 nitrogen and oxygen atoms in total. The zero-order valence-electron chi connectivity index (χ0n) is 34.6. The minimum Gasteiger partial charge on any atom is -0.550 e. The summed E-state index contributed by atoms with van der Waals surface area (Å²) in [6, 6.07) is 0. The zero-order chi connectivity index (χ0) is 37.7. The Morgan fingerprint density at radius 2 is 0.860 bits per heavy atom. The van der Waals surface area contributed by atoms with E-state index >= 15 is 0 Å². The minimum atomic E-state index is -1.31. The molecular formula is C44H84O4P2. The van der Waals surface area contributed by atoms with Crippen molar-refractivity contribution in [3.63, 3.8) is 0 Å². The molecule has 0 aromatic carbocycles. The van der Waals surface area contributed by atoms with Crippen molar-refractivity contribution in [1.29, 1.82) is 0 Å². The summed E-state index contributed by atoms with van der Waals surface area (Å²) in [5, 5.41) is 22.0.